The van der Waals surface area contributed by atoms with E-state index in [1.165, 1.54) is 0 Å². The van der Waals surface area contributed by atoms with Crippen molar-refractivity contribution in [3.8, 4) is 0 Å². The van der Waals surface area contributed by atoms with Crippen molar-refractivity contribution in [2.45, 2.75) is 53.6 Å². The second-order valence-corrected chi connectivity index (χ2v) is 15.8. The molecule has 7 nitrogen and oxygen atoms in total. The van der Waals surface area contributed by atoms with Crippen LogP contribution < -0.4 is 9.80 Å². The van der Waals surface area contributed by atoms with Crippen molar-refractivity contribution in [3.63, 3.8) is 0 Å². The number of aryl methyl sites for hydroxylation is 2. The Kier molecular flexibility index (Phi) is 10.0. The van der Waals surface area contributed by atoms with Gasteiger partial charge in [-0.3, -0.25) is 14.4 Å². The fraction of sp³-hybridized carbons (Fsp3) is 0.359. The highest BCUT2D eigenvalue weighted by molar-refractivity contribution is 9.09. The molecule has 250 valence electrons. The molecule has 6 rings (SSSR count). The van der Waals surface area contributed by atoms with Gasteiger partial charge in [0, 0.05) is 34.5 Å². The van der Waals surface area contributed by atoms with E-state index in [9.17, 15) is 9.90 Å². The second kappa shape index (κ2) is 14.1. The molecule has 3 aromatic carbocycles. The van der Waals surface area contributed by atoms with E-state index in [0.29, 0.717) is 12.8 Å². The number of alkyl halides is 1. The largest absolute Gasteiger partial charge is 0.394 e. The maximum atomic E-state index is 15.3. The Morgan fingerprint density at radius 2 is 1.65 bits per heavy atom. The number of hydrogen-bond donors (Lipinski definition) is 1. The number of para-hydroxylation sites is 1. The number of anilines is 2. The van der Waals surface area contributed by atoms with Crippen LogP contribution in [0.15, 0.2) is 104 Å². The minimum Gasteiger partial charge on any atom is -0.394 e. The zero-order chi connectivity index (χ0) is 34.2. The van der Waals surface area contributed by atoms with E-state index in [2.05, 4.69) is 29.1 Å². The Hall–Kier alpha value is -3.66. The molecule has 0 aromatic heterocycles. The molecular formula is C39H42BrN3O4S. The number of rotatable bonds is 12. The maximum Gasteiger partial charge on any atom is 0.251 e. The quantitative estimate of drug-likeness (QED) is 0.180. The van der Waals surface area contributed by atoms with Gasteiger partial charge in [0.25, 0.3) is 5.91 Å². The topological polar surface area (TPSA) is 81.2 Å². The van der Waals surface area contributed by atoms with Crippen LogP contribution in [0.5, 0.6) is 0 Å². The van der Waals surface area contributed by atoms with Crippen molar-refractivity contribution in [2.75, 3.05) is 29.5 Å². The highest BCUT2D eigenvalue weighted by Crippen LogP contribution is 2.68. The lowest BCUT2D eigenvalue weighted by Gasteiger charge is -2.40. The lowest BCUT2D eigenvalue weighted by atomic mass is 9.70. The van der Waals surface area contributed by atoms with Crippen LogP contribution in [-0.2, 0) is 20.8 Å². The van der Waals surface area contributed by atoms with Gasteiger partial charge in [0.15, 0.2) is 0 Å². The molecule has 0 saturated carbocycles. The highest BCUT2D eigenvalue weighted by atomic mass is 79.9. The lowest BCUT2D eigenvalue weighted by Crippen LogP contribution is -2.58. The van der Waals surface area contributed by atoms with Crippen molar-refractivity contribution in [3.05, 3.63) is 121 Å². The minimum atomic E-state index is -0.909. The van der Waals surface area contributed by atoms with Crippen molar-refractivity contribution in [2.24, 2.45) is 11.8 Å². The number of carbonyl (C=O) groups is 3. The molecular weight excluding hydrogens is 686 g/mol. The van der Waals surface area contributed by atoms with E-state index in [1.807, 2.05) is 92.7 Å². The van der Waals surface area contributed by atoms with Gasteiger partial charge in [0.05, 0.1) is 29.2 Å². The molecule has 2 bridgehead atoms. The van der Waals surface area contributed by atoms with E-state index >= 15 is 9.59 Å². The number of benzene rings is 3. The molecule has 48 heavy (non-hydrogen) atoms. The third-order valence-electron chi connectivity index (χ3n) is 10.0. The minimum absolute atomic E-state index is 0.0904. The summed E-state index contributed by atoms with van der Waals surface area (Å²) in [7, 11) is 0. The number of thioether (sulfide) groups is 1. The molecule has 3 heterocycles. The Balaban J connectivity index is 1.49. The summed E-state index contributed by atoms with van der Waals surface area (Å²) in [5.41, 5.74) is 4.39. The highest BCUT2D eigenvalue weighted by Gasteiger charge is 2.76. The number of likely N-dealkylation sites (tertiary alicyclic amines) is 1. The normalized spacial score (nSPS) is 26.2. The van der Waals surface area contributed by atoms with Crippen molar-refractivity contribution >= 4 is 56.8 Å². The van der Waals surface area contributed by atoms with Gasteiger partial charge >= 0.3 is 0 Å². The Morgan fingerprint density at radius 1 is 1.00 bits per heavy atom. The van der Waals surface area contributed by atoms with Gasteiger partial charge in [-0.1, -0.05) is 88.7 Å². The van der Waals surface area contributed by atoms with Crippen LogP contribution >= 0.6 is 27.7 Å². The number of halogens is 1. The number of hydrogen-bond acceptors (Lipinski definition) is 5. The summed E-state index contributed by atoms with van der Waals surface area (Å²) in [6.07, 6.45) is 4.31. The van der Waals surface area contributed by atoms with Crippen molar-refractivity contribution < 1.29 is 19.5 Å². The van der Waals surface area contributed by atoms with Crippen LogP contribution in [0.3, 0.4) is 0 Å². The van der Waals surface area contributed by atoms with Gasteiger partial charge in [-0.25, -0.2) is 0 Å². The number of nitrogens with zero attached hydrogens (tertiary/aromatic N) is 3. The van der Waals surface area contributed by atoms with E-state index in [-0.39, 0.29) is 47.5 Å². The molecule has 3 fully saturated rings. The molecule has 9 heteroatoms. The summed E-state index contributed by atoms with van der Waals surface area (Å²) in [6, 6.07) is 23.6. The average molecular weight is 729 g/mol. The van der Waals surface area contributed by atoms with Crippen LogP contribution in [0.1, 0.15) is 23.1 Å². The number of aliphatic hydroxyl groups is 1. The molecule has 1 spiro atoms. The molecule has 7 atom stereocenters. The first kappa shape index (κ1) is 34.2. The number of aliphatic hydroxyl groups excluding tert-OH is 1. The maximum absolute atomic E-state index is 15.3. The zero-order valence-electron chi connectivity index (χ0n) is 27.4. The predicted molar refractivity (Wildman–Crippen MR) is 198 cm³/mol. The molecule has 3 saturated heterocycles. The van der Waals surface area contributed by atoms with E-state index in [0.717, 1.165) is 28.1 Å². The van der Waals surface area contributed by atoms with Gasteiger partial charge in [0.2, 0.25) is 11.8 Å². The number of fused-ring (bicyclic) bond motifs is 1. The van der Waals surface area contributed by atoms with Crippen LogP contribution in [-0.4, -0.2) is 74.3 Å². The first-order valence-electron chi connectivity index (χ1n) is 16.4. The molecule has 3 aliphatic heterocycles. The van der Waals surface area contributed by atoms with Crippen LogP contribution in [0.2, 0.25) is 0 Å². The lowest BCUT2D eigenvalue weighted by molar-refractivity contribution is -0.141. The first-order chi connectivity index (χ1) is 23.2. The van der Waals surface area contributed by atoms with E-state index in [1.54, 1.807) is 38.6 Å². The van der Waals surface area contributed by atoms with Gasteiger partial charge in [-0.15, -0.1) is 24.9 Å². The number of amides is 3. The summed E-state index contributed by atoms with van der Waals surface area (Å²) in [5.74, 6) is -2.05. The molecule has 3 aromatic rings. The third kappa shape index (κ3) is 5.84. The molecule has 0 radical (unpaired) electrons. The van der Waals surface area contributed by atoms with Crippen LogP contribution in [0, 0.1) is 25.7 Å². The third-order valence-corrected chi connectivity index (χ3v) is 13.3. The summed E-state index contributed by atoms with van der Waals surface area (Å²) >= 11 is 5.51. The summed E-state index contributed by atoms with van der Waals surface area (Å²) in [4.78, 5) is 50.0. The van der Waals surface area contributed by atoms with Gasteiger partial charge < -0.3 is 19.8 Å². The van der Waals surface area contributed by atoms with Gasteiger partial charge in [0.1, 0.15) is 6.04 Å². The smallest absolute Gasteiger partial charge is 0.251 e. The first-order valence-corrected chi connectivity index (χ1v) is 18.2. The number of carbonyl (C=O) groups excluding carboxylic acids is 3. The Bertz CT molecular complexity index is 1700. The average Bonchev–Trinajstić information content (AvgIpc) is 3.69. The summed E-state index contributed by atoms with van der Waals surface area (Å²) in [6.45, 7) is 12.1. The standard InChI is InChI=1S/C39H42BrN3O4S/c1-5-19-41(28-15-11-8-12-16-28)36(45)32-33-37(46)43(29(24-44)22-27-13-9-7-10-14-27)35(39(33)23-30(40)34(32)48-39)38(47)42(20-6-2)31-21-25(3)17-18-26(31)4/h5-18,21,29-30,32-35,44H,1-2,19-20,22-24H2,3-4H3/t29-,30?,32+,33+,34+,35?,39?/m1/s1. The SMILES string of the molecule is C=CCN(C(=O)[C@H]1[C@H]2C(=O)N([C@@H](CO)Cc3ccccc3)C(C(=O)N(CC=C)c3cc(C)ccc3C)C23CC(Br)[C@@H]1S3)c1ccccc1. The molecule has 3 amide bonds. The summed E-state index contributed by atoms with van der Waals surface area (Å²) < 4.78 is -0.884. The van der Waals surface area contributed by atoms with Gasteiger partial charge in [-0.2, -0.15) is 0 Å². The summed E-state index contributed by atoms with van der Waals surface area (Å²) in [5, 5.41) is 10.7. The monoisotopic (exact) mass is 727 g/mol. The van der Waals surface area contributed by atoms with Gasteiger partial charge in [-0.05, 0) is 61.6 Å². The molecule has 3 unspecified atom stereocenters. The second-order valence-electron chi connectivity index (χ2n) is 13.0. The molecule has 0 aliphatic carbocycles. The van der Waals surface area contributed by atoms with Crippen molar-refractivity contribution in [1.82, 2.24) is 4.90 Å². The fourth-order valence-corrected chi connectivity index (χ4v) is 11.6. The zero-order valence-corrected chi connectivity index (χ0v) is 29.8. The van der Waals surface area contributed by atoms with Crippen LogP contribution in [0.4, 0.5) is 11.4 Å². The fourth-order valence-electron chi connectivity index (χ4n) is 7.99. The van der Waals surface area contributed by atoms with Crippen LogP contribution in [0.25, 0.3) is 0 Å². The predicted octanol–water partition coefficient (Wildman–Crippen LogP) is 6.11. The molecule has 3 aliphatic rings. The van der Waals surface area contributed by atoms with E-state index < -0.39 is 28.7 Å². The molecule has 1 N–H and O–H groups in total. The van der Waals surface area contributed by atoms with Crippen molar-refractivity contribution in [1.29, 1.82) is 0 Å². The Morgan fingerprint density at radius 3 is 2.29 bits per heavy atom. The van der Waals surface area contributed by atoms with E-state index in [4.69, 9.17) is 0 Å². The Labute approximate surface area is 295 Å².